The minimum Gasteiger partial charge on any atom is -0.456 e. The largest absolute Gasteiger partial charge is 0.456 e. The number of amidine groups is 2. The van der Waals surface area contributed by atoms with E-state index in [9.17, 15) is 0 Å². The van der Waals surface area contributed by atoms with Gasteiger partial charge < -0.3 is 9.73 Å². The molecule has 1 N–H and O–H groups in total. The molecule has 2 heterocycles. The Kier molecular flexibility index (Phi) is 6.58. The molecule has 0 saturated carbocycles. The summed E-state index contributed by atoms with van der Waals surface area (Å²) in [5.41, 5.74) is 7.22. The minimum absolute atomic E-state index is 0.308. The van der Waals surface area contributed by atoms with E-state index in [-0.39, 0.29) is 6.17 Å². The summed E-state index contributed by atoms with van der Waals surface area (Å²) in [6, 6.07) is 62.4. The first kappa shape index (κ1) is 29.7. The van der Waals surface area contributed by atoms with E-state index in [2.05, 4.69) is 163 Å². The fourth-order valence-corrected chi connectivity index (χ4v) is 8.00. The highest BCUT2D eigenvalue weighted by molar-refractivity contribution is 6.17. The minimum atomic E-state index is -0.308. The van der Waals surface area contributed by atoms with Crippen LogP contribution in [-0.2, 0) is 0 Å². The summed E-state index contributed by atoms with van der Waals surface area (Å²) in [4.78, 5) is 10.4. The van der Waals surface area contributed by atoms with Crippen molar-refractivity contribution in [2.75, 3.05) is 0 Å². The first-order chi connectivity index (χ1) is 26.2. The number of fused-ring (bicyclic) bond motifs is 8. The van der Waals surface area contributed by atoms with Crippen molar-refractivity contribution < 1.29 is 4.42 Å². The number of rotatable bonds is 4. The Hall–Kier alpha value is -7.04. The van der Waals surface area contributed by atoms with Crippen LogP contribution in [0.3, 0.4) is 0 Å². The monoisotopic (exact) mass is 677 g/mol. The molecule has 53 heavy (non-hydrogen) atoms. The number of hydrogen-bond donors (Lipinski definition) is 1. The van der Waals surface area contributed by atoms with Crippen LogP contribution in [0.4, 0.5) is 0 Å². The van der Waals surface area contributed by atoms with Gasteiger partial charge in [-0.25, -0.2) is 9.98 Å². The summed E-state index contributed by atoms with van der Waals surface area (Å²) in [7, 11) is 0. The van der Waals surface area contributed by atoms with Crippen LogP contribution in [0.25, 0.3) is 76.2 Å². The number of aliphatic imine (C=N–C) groups is 2. The van der Waals surface area contributed by atoms with Crippen molar-refractivity contribution in [3.8, 4) is 11.1 Å². The van der Waals surface area contributed by atoms with E-state index in [1.54, 1.807) is 0 Å². The van der Waals surface area contributed by atoms with Crippen molar-refractivity contribution in [3.05, 3.63) is 193 Å². The van der Waals surface area contributed by atoms with Gasteiger partial charge in [-0.15, -0.1) is 0 Å². The van der Waals surface area contributed by atoms with E-state index >= 15 is 0 Å². The van der Waals surface area contributed by atoms with Crippen LogP contribution in [-0.4, -0.2) is 11.7 Å². The molecule has 1 atom stereocenters. The smallest absolute Gasteiger partial charge is 0.159 e. The molecule has 0 radical (unpaired) electrons. The van der Waals surface area contributed by atoms with Crippen LogP contribution >= 0.6 is 0 Å². The first-order valence-electron chi connectivity index (χ1n) is 18.0. The lowest BCUT2D eigenvalue weighted by Gasteiger charge is -2.24. The predicted octanol–water partition coefficient (Wildman–Crippen LogP) is 12.4. The van der Waals surface area contributed by atoms with E-state index in [4.69, 9.17) is 14.4 Å². The Balaban J connectivity index is 1.01. The van der Waals surface area contributed by atoms with Crippen molar-refractivity contribution in [1.82, 2.24) is 5.32 Å². The van der Waals surface area contributed by atoms with E-state index in [1.165, 1.54) is 37.9 Å². The van der Waals surface area contributed by atoms with Crippen molar-refractivity contribution in [2.45, 2.75) is 6.17 Å². The summed E-state index contributed by atoms with van der Waals surface area (Å²) < 4.78 is 6.20. The van der Waals surface area contributed by atoms with Crippen LogP contribution in [0.15, 0.2) is 190 Å². The SMILES string of the molecule is c1ccc2cc(C3N=C(c4ccc5c(ccc6ccccc65)c4)N=C(c4ccc5cc(-c6cccc7oc8ccccc8c67)ccc5c4)N3)ccc2c1. The summed E-state index contributed by atoms with van der Waals surface area (Å²) in [5.74, 6) is 1.51. The third-order valence-electron chi connectivity index (χ3n) is 10.7. The maximum Gasteiger partial charge on any atom is 0.159 e. The molecule has 4 heteroatoms. The summed E-state index contributed by atoms with van der Waals surface area (Å²) in [6.45, 7) is 0. The van der Waals surface area contributed by atoms with Gasteiger partial charge in [-0.05, 0) is 96.2 Å². The van der Waals surface area contributed by atoms with Gasteiger partial charge in [-0.1, -0.05) is 140 Å². The molecule has 10 aromatic rings. The van der Waals surface area contributed by atoms with Gasteiger partial charge >= 0.3 is 0 Å². The van der Waals surface area contributed by atoms with Crippen molar-refractivity contribution >= 4 is 76.7 Å². The molecular formula is C49H31N3O. The molecule has 1 aromatic heterocycles. The molecule has 248 valence electrons. The molecule has 11 rings (SSSR count). The Morgan fingerprint density at radius 3 is 1.96 bits per heavy atom. The van der Waals surface area contributed by atoms with Gasteiger partial charge in [0.05, 0.1) is 0 Å². The van der Waals surface area contributed by atoms with Gasteiger partial charge in [0.15, 0.2) is 5.84 Å². The number of para-hydroxylation sites is 1. The van der Waals surface area contributed by atoms with Gasteiger partial charge in [0.2, 0.25) is 0 Å². The number of hydrogen-bond acceptors (Lipinski definition) is 4. The summed E-state index contributed by atoms with van der Waals surface area (Å²) in [5, 5.41) is 15.6. The third kappa shape index (κ3) is 4.99. The van der Waals surface area contributed by atoms with Gasteiger partial charge in [0.25, 0.3) is 0 Å². The lowest BCUT2D eigenvalue weighted by atomic mass is 9.96. The standard InChI is InChI=1S/C49H31N3O/c1-2-10-32-27-37(22-16-30(32)8-1)47-50-48(52-49(51-47)39-24-25-41-35(29-39)20-17-31-9-3-4-11-40(31)41)38-23-19-33-26-36(21-18-34(33)28-38)42-13-7-15-45-46(42)43-12-5-6-14-44(43)53-45/h1-29,47H,(H,50,51,52). The first-order valence-corrected chi connectivity index (χ1v) is 18.0. The second-order valence-corrected chi connectivity index (χ2v) is 13.8. The van der Waals surface area contributed by atoms with E-state index < -0.39 is 0 Å². The molecule has 0 amide bonds. The molecule has 0 bridgehead atoms. The van der Waals surface area contributed by atoms with Gasteiger partial charge in [0, 0.05) is 21.9 Å². The predicted molar refractivity (Wildman–Crippen MR) is 221 cm³/mol. The molecule has 1 aliphatic heterocycles. The van der Waals surface area contributed by atoms with Gasteiger partial charge in [-0.2, -0.15) is 0 Å². The topological polar surface area (TPSA) is 49.9 Å². The fraction of sp³-hybridized carbons (Fsp3) is 0.0204. The Morgan fingerprint density at radius 2 is 1.06 bits per heavy atom. The Morgan fingerprint density at radius 1 is 0.434 bits per heavy atom. The molecule has 0 fully saturated rings. The number of nitrogens with one attached hydrogen (secondary N) is 1. The second-order valence-electron chi connectivity index (χ2n) is 13.8. The van der Waals surface area contributed by atoms with Crippen LogP contribution in [0.2, 0.25) is 0 Å². The zero-order valence-corrected chi connectivity index (χ0v) is 28.6. The summed E-state index contributed by atoms with van der Waals surface area (Å²) >= 11 is 0. The summed E-state index contributed by atoms with van der Waals surface area (Å²) in [6.07, 6.45) is -0.308. The zero-order valence-electron chi connectivity index (χ0n) is 28.6. The third-order valence-corrected chi connectivity index (χ3v) is 10.7. The fourth-order valence-electron chi connectivity index (χ4n) is 8.00. The molecule has 4 nitrogen and oxygen atoms in total. The second kappa shape index (κ2) is 11.8. The quantitative estimate of drug-likeness (QED) is 0.189. The van der Waals surface area contributed by atoms with Crippen molar-refractivity contribution in [2.24, 2.45) is 9.98 Å². The molecule has 9 aromatic carbocycles. The number of benzene rings is 9. The van der Waals surface area contributed by atoms with Gasteiger partial charge in [-0.3, -0.25) is 0 Å². The maximum absolute atomic E-state index is 6.20. The Labute approximate surface area is 305 Å². The molecule has 0 aliphatic carbocycles. The molecule has 1 unspecified atom stereocenters. The molecule has 0 spiro atoms. The average molecular weight is 678 g/mol. The lowest BCUT2D eigenvalue weighted by Crippen LogP contribution is -2.33. The zero-order chi connectivity index (χ0) is 34.9. The lowest BCUT2D eigenvalue weighted by molar-refractivity contribution is 0.669. The van der Waals surface area contributed by atoms with Crippen molar-refractivity contribution in [3.63, 3.8) is 0 Å². The van der Waals surface area contributed by atoms with E-state index in [0.717, 1.165) is 60.8 Å². The van der Waals surface area contributed by atoms with Gasteiger partial charge in [0.1, 0.15) is 23.2 Å². The number of furan rings is 1. The maximum atomic E-state index is 6.20. The molecule has 0 saturated heterocycles. The van der Waals surface area contributed by atoms with Crippen molar-refractivity contribution in [1.29, 1.82) is 0 Å². The van der Waals surface area contributed by atoms with Crippen LogP contribution < -0.4 is 5.32 Å². The highest BCUT2D eigenvalue weighted by Crippen LogP contribution is 2.38. The van der Waals surface area contributed by atoms with Crippen LogP contribution in [0.5, 0.6) is 0 Å². The molecular weight excluding hydrogens is 647 g/mol. The Bertz CT molecular complexity index is 3170. The normalized spacial score (nSPS) is 14.6. The van der Waals surface area contributed by atoms with E-state index in [1.807, 2.05) is 18.2 Å². The highest BCUT2D eigenvalue weighted by atomic mass is 16.3. The molecule has 1 aliphatic rings. The highest BCUT2D eigenvalue weighted by Gasteiger charge is 2.22. The number of nitrogens with zero attached hydrogens (tertiary/aromatic N) is 2. The van der Waals surface area contributed by atoms with Crippen LogP contribution in [0.1, 0.15) is 22.9 Å². The van der Waals surface area contributed by atoms with Crippen LogP contribution in [0, 0.1) is 0 Å². The average Bonchev–Trinajstić information content (AvgIpc) is 3.62. The van der Waals surface area contributed by atoms with E-state index in [0.29, 0.717) is 5.84 Å².